The Hall–Kier alpha value is -1.80. The normalized spacial score (nSPS) is 20.7. The van der Waals surface area contributed by atoms with Gasteiger partial charge < -0.3 is 5.73 Å². The Morgan fingerprint density at radius 2 is 1.84 bits per heavy atom. The van der Waals surface area contributed by atoms with Gasteiger partial charge in [0.25, 0.3) is 0 Å². The monoisotopic (exact) mass is 250 g/mol. The summed E-state index contributed by atoms with van der Waals surface area (Å²) < 4.78 is 0. The van der Waals surface area contributed by atoms with Crippen LogP contribution in [-0.2, 0) is 19.5 Å². The molecule has 0 saturated carbocycles. The van der Waals surface area contributed by atoms with Gasteiger partial charge in [0.15, 0.2) is 0 Å². The molecule has 96 valence electrons. The molecule has 1 unspecified atom stereocenters. The molecule has 0 saturated heterocycles. The van der Waals surface area contributed by atoms with Gasteiger partial charge in [0, 0.05) is 31.2 Å². The summed E-state index contributed by atoms with van der Waals surface area (Å²) in [6, 6.07) is 15.1. The molecule has 2 nitrogen and oxygen atoms in total. The number of nitrogens with zero attached hydrogens (tertiary/aromatic N) is 1. The highest BCUT2D eigenvalue weighted by molar-refractivity contribution is 5.52. The van der Waals surface area contributed by atoms with E-state index < -0.39 is 0 Å². The van der Waals surface area contributed by atoms with E-state index in [0.29, 0.717) is 5.92 Å². The minimum Gasteiger partial charge on any atom is -0.398 e. The summed E-state index contributed by atoms with van der Waals surface area (Å²) in [4.78, 5) is 2.53. The third-order valence-corrected chi connectivity index (χ3v) is 4.52. The number of hydrogen-bond acceptors (Lipinski definition) is 2. The fraction of sp³-hybridized carbons (Fsp3) is 0.294. The van der Waals surface area contributed by atoms with Crippen molar-refractivity contribution in [2.75, 3.05) is 12.3 Å². The predicted octanol–water partition coefficient (Wildman–Crippen LogP) is 2.92. The molecule has 0 aromatic heterocycles. The number of fused-ring (bicyclic) bond motifs is 2. The van der Waals surface area contributed by atoms with Crippen molar-refractivity contribution in [3.8, 4) is 0 Å². The number of nitrogens with two attached hydrogens (primary N) is 1. The van der Waals surface area contributed by atoms with Crippen LogP contribution in [0.25, 0.3) is 0 Å². The number of hydrogen-bond donors (Lipinski definition) is 1. The SMILES string of the molecule is Nc1cccc2c1CN(CC1Cc3ccccc31)C2. The molecule has 0 spiro atoms. The molecule has 1 aliphatic carbocycles. The molecule has 1 atom stereocenters. The summed E-state index contributed by atoms with van der Waals surface area (Å²) in [5, 5.41) is 0. The topological polar surface area (TPSA) is 29.3 Å². The lowest BCUT2D eigenvalue weighted by atomic mass is 9.77. The molecular formula is C17H18N2. The van der Waals surface area contributed by atoms with E-state index in [2.05, 4.69) is 41.3 Å². The van der Waals surface area contributed by atoms with Crippen molar-refractivity contribution in [1.29, 1.82) is 0 Å². The Balaban J connectivity index is 1.49. The smallest absolute Gasteiger partial charge is 0.0363 e. The van der Waals surface area contributed by atoms with Gasteiger partial charge >= 0.3 is 0 Å². The summed E-state index contributed by atoms with van der Waals surface area (Å²) in [6.07, 6.45) is 1.23. The molecule has 2 N–H and O–H groups in total. The summed E-state index contributed by atoms with van der Waals surface area (Å²) in [5.41, 5.74) is 12.8. The van der Waals surface area contributed by atoms with E-state index in [1.54, 1.807) is 5.56 Å². The Morgan fingerprint density at radius 1 is 1.00 bits per heavy atom. The number of rotatable bonds is 2. The van der Waals surface area contributed by atoms with Crippen LogP contribution in [0.4, 0.5) is 5.69 Å². The Morgan fingerprint density at radius 3 is 2.68 bits per heavy atom. The first-order valence-corrected chi connectivity index (χ1v) is 6.97. The lowest BCUT2D eigenvalue weighted by molar-refractivity contribution is 0.255. The van der Waals surface area contributed by atoms with Gasteiger partial charge in [-0.05, 0) is 34.7 Å². The largest absolute Gasteiger partial charge is 0.398 e. The lowest BCUT2D eigenvalue weighted by Gasteiger charge is -2.33. The van der Waals surface area contributed by atoms with E-state index in [9.17, 15) is 0 Å². The third kappa shape index (κ3) is 1.75. The van der Waals surface area contributed by atoms with Crippen LogP contribution < -0.4 is 5.73 Å². The van der Waals surface area contributed by atoms with Crippen molar-refractivity contribution < 1.29 is 0 Å². The van der Waals surface area contributed by atoms with E-state index >= 15 is 0 Å². The van der Waals surface area contributed by atoms with Crippen LogP contribution in [0.1, 0.15) is 28.2 Å². The van der Waals surface area contributed by atoms with Gasteiger partial charge in [-0.1, -0.05) is 36.4 Å². The van der Waals surface area contributed by atoms with Crippen molar-refractivity contribution in [3.63, 3.8) is 0 Å². The lowest BCUT2D eigenvalue weighted by Crippen LogP contribution is -2.30. The Bertz CT molecular complexity index is 633. The molecule has 0 fully saturated rings. The van der Waals surface area contributed by atoms with E-state index in [1.165, 1.54) is 23.1 Å². The Labute approximate surface area is 113 Å². The van der Waals surface area contributed by atoms with Crippen LogP contribution in [-0.4, -0.2) is 11.4 Å². The summed E-state index contributed by atoms with van der Waals surface area (Å²) >= 11 is 0. The standard InChI is InChI=1S/C17H18N2/c18-17-7-3-5-13-9-19(11-16(13)17)10-14-8-12-4-1-2-6-15(12)14/h1-7,14H,8-11,18H2. The van der Waals surface area contributed by atoms with Crippen LogP contribution >= 0.6 is 0 Å². The summed E-state index contributed by atoms with van der Waals surface area (Å²) in [7, 11) is 0. The predicted molar refractivity (Wildman–Crippen MR) is 77.9 cm³/mol. The fourth-order valence-corrected chi connectivity index (χ4v) is 3.48. The minimum absolute atomic E-state index is 0.715. The maximum absolute atomic E-state index is 6.06. The van der Waals surface area contributed by atoms with Gasteiger partial charge in [-0.15, -0.1) is 0 Å². The average Bonchev–Trinajstić information content (AvgIpc) is 2.80. The third-order valence-electron chi connectivity index (χ3n) is 4.52. The van der Waals surface area contributed by atoms with Crippen LogP contribution in [0.2, 0.25) is 0 Å². The van der Waals surface area contributed by atoms with Crippen molar-refractivity contribution >= 4 is 5.69 Å². The van der Waals surface area contributed by atoms with Gasteiger partial charge in [0.1, 0.15) is 0 Å². The average molecular weight is 250 g/mol. The maximum atomic E-state index is 6.06. The highest BCUT2D eigenvalue weighted by Crippen LogP contribution is 2.37. The second-order valence-electron chi connectivity index (χ2n) is 5.75. The van der Waals surface area contributed by atoms with E-state index in [0.717, 1.165) is 25.3 Å². The zero-order valence-electron chi connectivity index (χ0n) is 11.0. The molecule has 19 heavy (non-hydrogen) atoms. The van der Waals surface area contributed by atoms with Crippen molar-refractivity contribution in [2.24, 2.45) is 0 Å². The number of anilines is 1. The molecule has 2 aromatic carbocycles. The highest BCUT2D eigenvalue weighted by Gasteiger charge is 2.29. The second kappa shape index (κ2) is 4.10. The van der Waals surface area contributed by atoms with Gasteiger partial charge in [-0.2, -0.15) is 0 Å². The molecule has 2 heteroatoms. The van der Waals surface area contributed by atoms with Crippen molar-refractivity contribution in [1.82, 2.24) is 4.90 Å². The first-order chi connectivity index (χ1) is 9.31. The van der Waals surface area contributed by atoms with Crippen LogP contribution in [0.3, 0.4) is 0 Å². The fourth-order valence-electron chi connectivity index (χ4n) is 3.48. The van der Waals surface area contributed by atoms with E-state index in [4.69, 9.17) is 5.73 Å². The van der Waals surface area contributed by atoms with Crippen molar-refractivity contribution in [3.05, 3.63) is 64.7 Å². The van der Waals surface area contributed by atoms with Crippen LogP contribution in [0.5, 0.6) is 0 Å². The molecule has 1 heterocycles. The van der Waals surface area contributed by atoms with Gasteiger partial charge in [0.2, 0.25) is 0 Å². The van der Waals surface area contributed by atoms with Gasteiger partial charge in [0.05, 0.1) is 0 Å². The molecule has 1 aliphatic heterocycles. The van der Waals surface area contributed by atoms with Gasteiger partial charge in [-0.25, -0.2) is 0 Å². The maximum Gasteiger partial charge on any atom is 0.0363 e. The molecular weight excluding hydrogens is 232 g/mol. The first-order valence-electron chi connectivity index (χ1n) is 6.97. The first kappa shape index (κ1) is 11.1. The number of nitrogen functional groups attached to an aromatic ring is 1. The molecule has 4 rings (SSSR count). The molecule has 2 aromatic rings. The molecule has 0 amide bonds. The second-order valence-corrected chi connectivity index (χ2v) is 5.75. The van der Waals surface area contributed by atoms with Crippen molar-refractivity contribution in [2.45, 2.75) is 25.4 Å². The zero-order chi connectivity index (χ0) is 12.8. The van der Waals surface area contributed by atoms with Crippen LogP contribution in [0.15, 0.2) is 42.5 Å². The van der Waals surface area contributed by atoms with Gasteiger partial charge in [-0.3, -0.25) is 4.90 Å². The zero-order valence-corrected chi connectivity index (χ0v) is 11.0. The minimum atomic E-state index is 0.715. The summed E-state index contributed by atoms with van der Waals surface area (Å²) in [5.74, 6) is 0.715. The van der Waals surface area contributed by atoms with E-state index in [1.807, 2.05) is 6.07 Å². The Kier molecular flexibility index (Phi) is 2.39. The quantitative estimate of drug-likeness (QED) is 0.830. The summed E-state index contributed by atoms with van der Waals surface area (Å²) in [6.45, 7) is 3.23. The molecule has 0 radical (unpaired) electrons. The molecule has 2 aliphatic rings. The molecule has 0 bridgehead atoms. The van der Waals surface area contributed by atoms with Crippen LogP contribution in [0, 0.1) is 0 Å². The highest BCUT2D eigenvalue weighted by atomic mass is 15.1. The number of benzene rings is 2. The van der Waals surface area contributed by atoms with E-state index in [-0.39, 0.29) is 0 Å².